The van der Waals surface area contributed by atoms with Crippen molar-refractivity contribution >= 4 is 17.5 Å². The molecule has 108 valence electrons. The fourth-order valence-electron chi connectivity index (χ4n) is 1.43. The van der Waals surface area contributed by atoms with Crippen molar-refractivity contribution in [3.05, 3.63) is 39.9 Å². The Bertz CT molecular complexity index is 514. The fourth-order valence-corrected chi connectivity index (χ4v) is 1.43. The molecule has 0 fully saturated rings. The van der Waals surface area contributed by atoms with Crippen molar-refractivity contribution in [2.45, 2.75) is 13.8 Å². The molecule has 0 saturated heterocycles. The van der Waals surface area contributed by atoms with Crippen LogP contribution in [0, 0.1) is 16.0 Å². The number of hydrogen-bond donors (Lipinski definition) is 2. The molecule has 0 saturated carbocycles. The van der Waals surface area contributed by atoms with Gasteiger partial charge in [0.1, 0.15) is 0 Å². The van der Waals surface area contributed by atoms with Gasteiger partial charge in [-0.1, -0.05) is 19.9 Å². The molecular weight excluding hydrogens is 262 g/mol. The minimum atomic E-state index is -0.556. The van der Waals surface area contributed by atoms with Crippen LogP contribution in [-0.4, -0.2) is 29.8 Å². The Hall–Kier alpha value is -2.44. The Labute approximate surface area is 116 Å². The quantitative estimate of drug-likeness (QED) is 0.462. The minimum Gasteiger partial charge on any atom is -0.354 e. The molecule has 7 nitrogen and oxygen atoms in total. The fraction of sp³-hybridized carbons (Fsp3) is 0.385. The molecule has 20 heavy (non-hydrogen) atoms. The molecule has 0 aliphatic carbocycles. The maximum Gasteiger partial charge on any atom is 0.270 e. The highest BCUT2D eigenvalue weighted by atomic mass is 16.6. The maximum atomic E-state index is 11.8. The second kappa shape index (κ2) is 7.22. The van der Waals surface area contributed by atoms with Crippen LogP contribution in [-0.2, 0) is 4.79 Å². The molecule has 0 aliphatic rings. The Morgan fingerprint density at radius 3 is 2.50 bits per heavy atom. The van der Waals surface area contributed by atoms with Crippen LogP contribution in [0.25, 0.3) is 0 Å². The van der Waals surface area contributed by atoms with E-state index in [0.29, 0.717) is 6.54 Å². The number of carbonyl (C=O) groups excluding carboxylic acids is 2. The molecule has 0 heterocycles. The summed E-state index contributed by atoms with van der Waals surface area (Å²) < 4.78 is 0. The molecular formula is C13H17N3O4. The number of amides is 2. The highest BCUT2D eigenvalue weighted by molar-refractivity contribution is 5.94. The van der Waals surface area contributed by atoms with Crippen LogP contribution in [0.2, 0.25) is 0 Å². The van der Waals surface area contributed by atoms with Crippen LogP contribution in [0.4, 0.5) is 5.69 Å². The largest absolute Gasteiger partial charge is 0.354 e. The molecule has 2 amide bonds. The molecule has 0 spiro atoms. The normalized spacial score (nSPS) is 10.2. The molecule has 7 heteroatoms. The monoisotopic (exact) mass is 279 g/mol. The lowest BCUT2D eigenvalue weighted by atomic mass is 10.2. The summed E-state index contributed by atoms with van der Waals surface area (Å²) >= 11 is 0. The smallest absolute Gasteiger partial charge is 0.270 e. The van der Waals surface area contributed by atoms with E-state index in [1.807, 2.05) is 0 Å². The number of non-ortho nitro benzene ring substituents is 1. The van der Waals surface area contributed by atoms with Gasteiger partial charge in [0.05, 0.1) is 4.92 Å². The topological polar surface area (TPSA) is 101 Å². The van der Waals surface area contributed by atoms with Gasteiger partial charge in [-0.05, 0) is 6.07 Å². The van der Waals surface area contributed by atoms with Crippen LogP contribution < -0.4 is 10.6 Å². The van der Waals surface area contributed by atoms with E-state index in [0.717, 1.165) is 0 Å². The van der Waals surface area contributed by atoms with Gasteiger partial charge in [-0.2, -0.15) is 0 Å². The Kier molecular flexibility index (Phi) is 5.64. The molecule has 0 radical (unpaired) electrons. The number of benzene rings is 1. The summed E-state index contributed by atoms with van der Waals surface area (Å²) in [6, 6.07) is 5.48. The van der Waals surface area contributed by atoms with E-state index in [-0.39, 0.29) is 29.6 Å². The Morgan fingerprint density at radius 2 is 1.90 bits per heavy atom. The van der Waals surface area contributed by atoms with Crippen LogP contribution in [0.15, 0.2) is 24.3 Å². The molecule has 0 aliphatic heterocycles. The average Bonchev–Trinajstić information content (AvgIpc) is 2.43. The zero-order chi connectivity index (χ0) is 15.1. The lowest BCUT2D eigenvalue weighted by molar-refractivity contribution is -0.384. The van der Waals surface area contributed by atoms with Gasteiger partial charge in [-0.3, -0.25) is 19.7 Å². The average molecular weight is 279 g/mol. The first kappa shape index (κ1) is 15.6. The van der Waals surface area contributed by atoms with E-state index >= 15 is 0 Å². The molecule has 0 unspecified atom stereocenters. The van der Waals surface area contributed by atoms with Gasteiger partial charge in [0, 0.05) is 36.7 Å². The van der Waals surface area contributed by atoms with Crippen LogP contribution in [0.5, 0.6) is 0 Å². The van der Waals surface area contributed by atoms with Gasteiger partial charge in [0.15, 0.2) is 0 Å². The molecule has 0 atom stereocenters. The van der Waals surface area contributed by atoms with E-state index in [1.165, 1.54) is 24.3 Å². The molecule has 0 aromatic heterocycles. The third kappa shape index (κ3) is 4.68. The van der Waals surface area contributed by atoms with Crippen LogP contribution in [0.3, 0.4) is 0 Å². The summed E-state index contributed by atoms with van der Waals surface area (Å²) in [6.45, 7) is 4.13. The zero-order valence-corrected chi connectivity index (χ0v) is 11.4. The highest BCUT2D eigenvalue weighted by Crippen LogP contribution is 2.12. The standard InChI is InChI=1S/C13H17N3O4/c1-9(2)12(17)14-6-7-15-13(18)10-4-3-5-11(8-10)16(19)20/h3-5,8-9H,6-7H2,1-2H3,(H,14,17)(H,15,18). The molecule has 1 aromatic rings. The SMILES string of the molecule is CC(C)C(=O)NCCNC(=O)c1cccc([N+](=O)[O-])c1. The summed E-state index contributed by atoms with van der Waals surface area (Å²) in [7, 11) is 0. The van der Waals surface area contributed by atoms with Gasteiger partial charge >= 0.3 is 0 Å². The number of nitro groups is 1. The lowest BCUT2D eigenvalue weighted by Gasteiger charge is -2.08. The first-order valence-corrected chi connectivity index (χ1v) is 6.22. The van der Waals surface area contributed by atoms with E-state index < -0.39 is 10.8 Å². The van der Waals surface area contributed by atoms with Gasteiger partial charge in [-0.15, -0.1) is 0 Å². The predicted octanol–water partition coefficient (Wildman–Crippen LogP) is 1.10. The summed E-state index contributed by atoms with van der Waals surface area (Å²) in [5, 5.41) is 15.8. The third-order valence-corrected chi connectivity index (χ3v) is 2.55. The Morgan fingerprint density at radius 1 is 1.25 bits per heavy atom. The van der Waals surface area contributed by atoms with Crippen molar-refractivity contribution in [3.8, 4) is 0 Å². The van der Waals surface area contributed by atoms with Crippen molar-refractivity contribution in [2.75, 3.05) is 13.1 Å². The number of rotatable bonds is 6. The lowest BCUT2D eigenvalue weighted by Crippen LogP contribution is -2.36. The summed E-state index contributed by atoms with van der Waals surface area (Å²) in [6.07, 6.45) is 0. The van der Waals surface area contributed by atoms with Crippen molar-refractivity contribution in [2.24, 2.45) is 5.92 Å². The Balaban J connectivity index is 2.45. The first-order valence-electron chi connectivity index (χ1n) is 6.22. The molecule has 0 bridgehead atoms. The summed E-state index contributed by atoms with van der Waals surface area (Å²) in [4.78, 5) is 33.1. The van der Waals surface area contributed by atoms with Crippen molar-refractivity contribution in [3.63, 3.8) is 0 Å². The van der Waals surface area contributed by atoms with E-state index in [9.17, 15) is 19.7 Å². The van der Waals surface area contributed by atoms with Crippen molar-refractivity contribution in [1.82, 2.24) is 10.6 Å². The third-order valence-electron chi connectivity index (χ3n) is 2.55. The van der Waals surface area contributed by atoms with Crippen molar-refractivity contribution < 1.29 is 14.5 Å². The number of nitrogens with zero attached hydrogens (tertiary/aromatic N) is 1. The number of nitro benzene ring substituents is 1. The predicted molar refractivity (Wildman–Crippen MR) is 73.3 cm³/mol. The van der Waals surface area contributed by atoms with Crippen molar-refractivity contribution in [1.29, 1.82) is 0 Å². The number of hydrogen-bond acceptors (Lipinski definition) is 4. The van der Waals surface area contributed by atoms with Crippen LogP contribution in [0.1, 0.15) is 24.2 Å². The van der Waals surface area contributed by atoms with E-state index in [4.69, 9.17) is 0 Å². The summed E-state index contributed by atoms with van der Waals surface area (Å²) in [5.74, 6) is -0.607. The van der Waals surface area contributed by atoms with Crippen LogP contribution >= 0.6 is 0 Å². The van der Waals surface area contributed by atoms with Gasteiger partial charge < -0.3 is 10.6 Å². The first-order chi connectivity index (χ1) is 9.41. The zero-order valence-electron chi connectivity index (χ0n) is 11.4. The number of carbonyl (C=O) groups is 2. The second-order valence-corrected chi connectivity index (χ2v) is 4.51. The van der Waals surface area contributed by atoms with E-state index in [1.54, 1.807) is 13.8 Å². The maximum absolute atomic E-state index is 11.8. The molecule has 1 rings (SSSR count). The molecule has 2 N–H and O–H groups in total. The van der Waals surface area contributed by atoms with Gasteiger partial charge in [-0.25, -0.2) is 0 Å². The second-order valence-electron chi connectivity index (χ2n) is 4.51. The number of nitrogens with one attached hydrogen (secondary N) is 2. The van der Waals surface area contributed by atoms with E-state index in [2.05, 4.69) is 10.6 Å². The minimum absolute atomic E-state index is 0.0883. The highest BCUT2D eigenvalue weighted by Gasteiger charge is 2.11. The van der Waals surface area contributed by atoms with Gasteiger partial charge in [0.25, 0.3) is 11.6 Å². The molecule has 1 aromatic carbocycles. The van der Waals surface area contributed by atoms with Gasteiger partial charge in [0.2, 0.25) is 5.91 Å². The summed E-state index contributed by atoms with van der Waals surface area (Å²) in [5.41, 5.74) is 0.0835.